The van der Waals surface area contributed by atoms with Crippen LogP contribution in [0, 0.1) is 0 Å². The summed E-state index contributed by atoms with van der Waals surface area (Å²) in [6, 6.07) is 8.97. The number of hydrogen-bond donors (Lipinski definition) is 2. The molecule has 23 heavy (non-hydrogen) atoms. The number of nitrogens with one attached hydrogen (secondary N) is 2. The SMILES string of the molecule is CN(CC(C)(C)NC(=O)OC(C)(C)C)C(=O)Nc1ccccc1. The molecule has 0 fully saturated rings. The first-order valence-corrected chi connectivity index (χ1v) is 7.57. The summed E-state index contributed by atoms with van der Waals surface area (Å²) in [7, 11) is 1.68. The van der Waals surface area contributed by atoms with Crippen molar-refractivity contribution in [2.24, 2.45) is 0 Å². The maximum Gasteiger partial charge on any atom is 0.408 e. The van der Waals surface area contributed by atoms with E-state index >= 15 is 0 Å². The molecule has 0 bridgehead atoms. The second-order valence-electron chi connectivity index (χ2n) is 7.16. The average Bonchev–Trinajstić information content (AvgIpc) is 2.35. The van der Waals surface area contributed by atoms with Gasteiger partial charge in [0.2, 0.25) is 0 Å². The van der Waals surface area contributed by atoms with E-state index in [1.54, 1.807) is 27.8 Å². The lowest BCUT2D eigenvalue weighted by atomic mass is 10.1. The average molecular weight is 321 g/mol. The van der Waals surface area contributed by atoms with Gasteiger partial charge in [0, 0.05) is 19.3 Å². The van der Waals surface area contributed by atoms with Crippen molar-refractivity contribution in [3.63, 3.8) is 0 Å². The van der Waals surface area contributed by atoms with Crippen molar-refractivity contribution in [2.75, 3.05) is 18.9 Å². The number of benzene rings is 1. The monoisotopic (exact) mass is 321 g/mol. The number of carbonyl (C=O) groups is 2. The molecule has 1 rings (SSSR count). The molecule has 0 unspecified atom stereocenters. The third-order valence-corrected chi connectivity index (χ3v) is 2.84. The third kappa shape index (κ3) is 7.54. The lowest BCUT2D eigenvalue weighted by Gasteiger charge is -2.32. The minimum atomic E-state index is -0.620. The fourth-order valence-corrected chi connectivity index (χ4v) is 2.02. The van der Waals surface area contributed by atoms with E-state index in [0.717, 1.165) is 5.69 Å². The van der Waals surface area contributed by atoms with Gasteiger partial charge in [-0.1, -0.05) is 18.2 Å². The van der Waals surface area contributed by atoms with Gasteiger partial charge in [-0.15, -0.1) is 0 Å². The zero-order chi connectivity index (χ0) is 17.7. The van der Waals surface area contributed by atoms with Gasteiger partial charge in [0.1, 0.15) is 5.60 Å². The predicted octanol–water partition coefficient (Wildman–Crippen LogP) is 3.45. The highest BCUT2D eigenvalue weighted by Gasteiger charge is 2.27. The Hall–Kier alpha value is -2.24. The summed E-state index contributed by atoms with van der Waals surface area (Å²) >= 11 is 0. The van der Waals surface area contributed by atoms with E-state index in [9.17, 15) is 9.59 Å². The summed E-state index contributed by atoms with van der Waals surface area (Å²) in [4.78, 5) is 25.6. The van der Waals surface area contributed by atoms with E-state index in [1.807, 2.05) is 44.2 Å². The molecule has 0 aliphatic carbocycles. The Bertz CT molecular complexity index is 536. The van der Waals surface area contributed by atoms with Crippen LogP contribution < -0.4 is 10.6 Å². The van der Waals surface area contributed by atoms with E-state index in [0.29, 0.717) is 6.54 Å². The van der Waals surface area contributed by atoms with Gasteiger partial charge >= 0.3 is 12.1 Å². The zero-order valence-electron chi connectivity index (χ0n) is 14.8. The van der Waals surface area contributed by atoms with Crippen molar-refractivity contribution in [3.8, 4) is 0 Å². The molecule has 0 radical (unpaired) electrons. The Morgan fingerprint density at radius 1 is 1.09 bits per heavy atom. The molecule has 0 saturated carbocycles. The van der Waals surface area contributed by atoms with Crippen molar-refractivity contribution in [2.45, 2.75) is 45.8 Å². The first kappa shape index (κ1) is 18.8. The van der Waals surface area contributed by atoms with Crippen LogP contribution in [0.3, 0.4) is 0 Å². The topological polar surface area (TPSA) is 70.7 Å². The van der Waals surface area contributed by atoms with Crippen LogP contribution in [-0.2, 0) is 4.74 Å². The van der Waals surface area contributed by atoms with Crippen molar-refractivity contribution in [3.05, 3.63) is 30.3 Å². The zero-order valence-corrected chi connectivity index (χ0v) is 14.8. The maximum atomic E-state index is 12.2. The second-order valence-corrected chi connectivity index (χ2v) is 7.16. The summed E-state index contributed by atoms with van der Waals surface area (Å²) in [5, 5.41) is 5.58. The molecule has 0 saturated heterocycles. The van der Waals surface area contributed by atoms with Crippen molar-refractivity contribution in [1.82, 2.24) is 10.2 Å². The quantitative estimate of drug-likeness (QED) is 0.892. The number of urea groups is 1. The van der Waals surface area contributed by atoms with Gasteiger partial charge in [-0.05, 0) is 46.8 Å². The van der Waals surface area contributed by atoms with Crippen LogP contribution in [-0.4, -0.2) is 41.8 Å². The maximum absolute atomic E-state index is 12.2. The van der Waals surface area contributed by atoms with Gasteiger partial charge in [-0.2, -0.15) is 0 Å². The van der Waals surface area contributed by atoms with Crippen LogP contribution >= 0.6 is 0 Å². The second kappa shape index (κ2) is 7.35. The van der Waals surface area contributed by atoms with Crippen LogP contribution in [0.25, 0.3) is 0 Å². The molecule has 0 aliphatic heterocycles. The van der Waals surface area contributed by atoms with Crippen LogP contribution in [0.15, 0.2) is 30.3 Å². The minimum Gasteiger partial charge on any atom is -0.444 e. The number of amides is 3. The van der Waals surface area contributed by atoms with Crippen molar-refractivity contribution >= 4 is 17.8 Å². The highest BCUT2D eigenvalue weighted by atomic mass is 16.6. The molecule has 3 amide bonds. The predicted molar refractivity (Wildman–Crippen MR) is 91.5 cm³/mol. The van der Waals surface area contributed by atoms with Crippen LogP contribution in [0.1, 0.15) is 34.6 Å². The van der Waals surface area contributed by atoms with E-state index in [-0.39, 0.29) is 6.03 Å². The van der Waals surface area contributed by atoms with E-state index in [1.165, 1.54) is 4.90 Å². The molecule has 0 spiro atoms. The summed E-state index contributed by atoms with van der Waals surface area (Å²) in [6.45, 7) is 9.42. The molecule has 6 heteroatoms. The summed E-state index contributed by atoms with van der Waals surface area (Å²) in [5.74, 6) is 0. The Balaban J connectivity index is 2.55. The van der Waals surface area contributed by atoms with Crippen LogP contribution in [0.4, 0.5) is 15.3 Å². The van der Waals surface area contributed by atoms with Gasteiger partial charge in [-0.3, -0.25) is 0 Å². The third-order valence-electron chi connectivity index (χ3n) is 2.84. The Kier molecular flexibility index (Phi) is 6.01. The Morgan fingerprint density at radius 2 is 1.65 bits per heavy atom. The molecule has 0 aliphatic rings. The Labute approximate surface area is 138 Å². The molecular weight excluding hydrogens is 294 g/mol. The molecule has 1 aromatic carbocycles. The first-order chi connectivity index (χ1) is 10.5. The minimum absolute atomic E-state index is 0.240. The number of carbonyl (C=O) groups excluding carboxylic acids is 2. The Morgan fingerprint density at radius 3 is 2.17 bits per heavy atom. The van der Waals surface area contributed by atoms with Crippen molar-refractivity contribution in [1.29, 1.82) is 0 Å². The number of alkyl carbamates (subject to hydrolysis) is 1. The molecule has 128 valence electrons. The summed E-state index contributed by atoms with van der Waals surface area (Å²) in [6.07, 6.45) is -0.501. The molecule has 0 atom stereocenters. The highest BCUT2D eigenvalue weighted by Crippen LogP contribution is 2.11. The van der Waals surface area contributed by atoms with Crippen molar-refractivity contribution < 1.29 is 14.3 Å². The molecule has 6 nitrogen and oxygen atoms in total. The molecule has 2 N–H and O–H groups in total. The fourth-order valence-electron chi connectivity index (χ4n) is 2.02. The van der Waals surface area contributed by atoms with Gasteiger partial charge < -0.3 is 20.3 Å². The highest BCUT2D eigenvalue weighted by molar-refractivity contribution is 5.89. The molecule has 1 aromatic rings. The largest absolute Gasteiger partial charge is 0.444 e. The number of hydrogen-bond acceptors (Lipinski definition) is 3. The van der Waals surface area contributed by atoms with Crippen LogP contribution in [0.5, 0.6) is 0 Å². The number of rotatable bonds is 4. The number of likely N-dealkylation sites (N-methyl/N-ethyl adjacent to an activating group) is 1. The lowest BCUT2D eigenvalue weighted by molar-refractivity contribution is 0.0460. The number of ether oxygens (including phenoxy) is 1. The number of para-hydroxylation sites is 1. The van der Waals surface area contributed by atoms with Gasteiger partial charge in [0.25, 0.3) is 0 Å². The normalized spacial score (nSPS) is 11.6. The fraction of sp³-hybridized carbons (Fsp3) is 0.529. The van der Waals surface area contributed by atoms with Gasteiger partial charge in [0.15, 0.2) is 0 Å². The van der Waals surface area contributed by atoms with E-state index in [4.69, 9.17) is 4.74 Å². The molecular formula is C17H27N3O3. The lowest BCUT2D eigenvalue weighted by Crippen LogP contribution is -2.53. The van der Waals surface area contributed by atoms with E-state index in [2.05, 4.69) is 10.6 Å². The molecule has 0 heterocycles. The summed E-state index contributed by atoms with van der Waals surface area (Å²) in [5.41, 5.74) is -0.454. The summed E-state index contributed by atoms with van der Waals surface area (Å²) < 4.78 is 5.24. The van der Waals surface area contributed by atoms with Crippen LogP contribution in [0.2, 0.25) is 0 Å². The molecule has 0 aromatic heterocycles. The smallest absolute Gasteiger partial charge is 0.408 e. The van der Waals surface area contributed by atoms with Gasteiger partial charge in [-0.25, -0.2) is 9.59 Å². The number of nitrogens with zero attached hydrogens (tertiary/aromatic N) is 1. The number of anilines is 1. The van der Waals surface area contributed by atoms with Gasteiger partial charge in [0.05, 0.1) is 5.54 Å². The standard InChI is InChI=1S/C17H27N3O3/c1-16(2,3)23-15(22)19-17(4,5)12-20(6)14(21)18-13-10-8-7-9-11-13/h7-11H,12H2,1-6H3,(H,18,21)(H,19,22). The van der Waals surface area contributed by atoms with E-state index < -0.39 is 17.2 Å². The first-order valence-electron chi connectivity index (χ1n) is 7.57.